The number of hydrogen-bond donors (Lipinski definition) is 0. The summed E-state index contributed by atoms with van der Waals surface area (Å²) in [6, 6.07) is 13.1. The molecule has 0 bridgehead atoms. The van der Waals surface area contributed by atoms with Crippen LogP contribution in [-0.4, -0.2) is 6.21 Å². The Hall–Kier alpha value is -3.30. The van der Waals surface area contributed by atoms with Crippen LogP contribution in [0.25, 0.3) is 22.8 Å². The van der Waals surface area contributed by atoms with Gasteiger partial charge in [-0.15, -0.1) is 11.3 Å². The lowest BCUT2D eigenvalue weighted by Crippen LogP contribution is -1.80. The van der Waals surface area contributed by atoms with Crippen LogP contribution in [0.5, 0.6) is 0 Å². The van der Waals surface area contributed by atoms with Crippen molar-refractivity contribution in [1.29, 1.82) is 5.26 Å². The first-order chi connectivity index (χ1) is 11.9. The van der Waals surface area contributed by atoms with Gasteiger partial charge in [-0.1, -0.05) is 6.07 Å². The number of thiophene rings is 1. The van der Waals surface area contributed by atoms with Crippen molar-refractivity contribution in [3.8, 4) is 28.9 Å². The predicted molar refractivity (Wildman–Crippen MR) is 90.4 cm³/mol. The molecular formula is C18H10N2O3S. The van der Waals surface area contributed by atoms with Crippen molar-refractivity contribution in [2.75, 3.05) is 0 Å². The van der Waals surface area contributed by atoms with Crippen molar-refractivity contribution in [2.45, 2.75) is 0 Å². The second-order valence-electron chi connectivity index (χ2n) is 4.83. The molecule has 0 fully saturated rings. The lowest BCUT2D eigenvalue weighted by Gasteiger charge is -1.96. The Morgan fingerprint density at radius 1 is 1.04 bits per heavy atom. The maximum atomic E-state index is 9.61. The molecule has 0 saturated carbocycles. The summed E-state index contributed by atoms with van der Waals surface area (Å²) in [7, 11) is 0. The summed E-state index contributed by atoms with van der Waals surface area (Å²) in [5.41, 5.74) is 0.847. The van der Waals surface area contributed by atoms with Crippen LogP contribution in [0.2, 0.25) is 0 Å². The van der Waals surface area contributed by atoms with Crippen LogP contribution in [-0.2, 0) is 0 Å². The summed E-state index contributed by atoms with van der Waals surface area (Å²) < 4.78 is 16.7. The monoisotopic (exact) mass is 334 g/mol. The molecule has 6 heteroatoms. The van der Waals surface area contributed by atoms with E-state index in [0.717, 1.165) is 4.88 Å². The topological polar surface area (TPSA) is 75.6 Å². The Balaban J connectivity index is 1.89. The van der Waals surface area contributed by atoms with Gasteiger partial charge in [0, 0.05) is 11.1 Å². The number of hydrogen-bond acceptors (Lipinski definition) is 6. The molecule has 0 N–H and O–H groups in total. The Labute approximate surface area is 141 Å². The Kier molecular flexibility index (Phi) is 3.61. The molecule has 0 unspecified atom stereocenters. The van der Waals surface area contributed by atoms with E-state index in [2.05, 4.69) is 11.1 Å². The first-order valence-corrected chi connectivity index (χ1v) is 7.97. The average molecular weight is 334 g/mol. The molecule has 0 radical (unpaired) electrons. The van der Waals surface area contributed by atoms with Crippen LogP contribution < -0.4 is 0 Å². The predicted octanol–water partition coefficient (Wildman–Crippen LogP) is 5.48. The van der Waals surface area contributed by atoms with Crippen molar-refractivity contribution in [3.05, 3.63) is 64.7 Å². The third kappa shape index (κ3) is 2.47. The highest BCUT2D eigenvalue weighted by molar-refractivity contribution is 7.11. The Morgan fingerprint density at radius 3 is 2.46 bits per heavy atom. The Morgan fingerprint density at radius 2 is 1.83 bits per heavy atom. The minimum Gasteiger partial charge on any atom is -0.464 e. The third-order valence-electron chi connectivity index (χ3n) is 3.37. The minimum absolute atomic E-state index is 0.226. The normalized spacial score (nSPS) is 11.1. The van der Waals surface area contributed by atoms with E-state index in [-0.39, 0.29) is 5.88 Å². The van der Waals surface area contributed by atoms with Crippen molar-refractivity contribution < 1.29 is 13.3 Å². The van der Waals surface area contributed by atoms with Crippen LogP contribution in [0.15, 0.2) is 72.5 Å². The average Bonchev–Trinajstić information content (AvgIpc) is 3.40. The van der Waals surface area contributed by atoms with Gasteiger partial charge in [0.2, 0.25) is 5.88 Å². The van der Waals surface area contributed by atoms with Crippen molar-refractivity contribution in [3.63, 3.8) is 0 Å². The summed E-state index contributed by atoms with van der Waals surface area (Å²) in [4.78, 5) is 5.30. The van der Waals surface area contributed by atoms with Crippen LogP contribution in [0.4, 0.5) is 5.88 Å². The van der Waals surface area contributed by atoms with E-state index in [4.69, 9.17) is 13.3 Å². The maximum absolute atomic E-state index is 9.61. The van der Waals surface area contributed by atoms with E-state index in [1.165, 1.54) is 0 Å². The standard InChI is InChI=1S/C18H10N2O3S/c19-10-13-16(14-5-1-7-21-14)17(15-6-2-8-22-15)23-18(13)20-11-12-4-3-9-24-12/h1-9,11H. The van der Waals surface area contributed by atoms with Gasteiger partial charge in [0.25, 0.3) is 0 Å². The molecule has 0 aliphatic rings. The summed E-state index contributed by atoms with van der Waals surface area (Å²) in [6.45, 7) is 0. The summed E-state index contributed by atoms with van der Waals surface area (Å²) in [5.74, 6) is 1.68. The van der Waals surface area contributed by atoms with Gasteiger partial charge in [-0.25, -0.2) is 4.99 Å². The molecule has 0 atom stereocenters. The maximum Gasteiger partial charge on any atom is 0.238 e. The fraction of sp³-hybridized carbons (Fsp3) is 0. The van der Waals surface area contributed by atoms with Crippen molar-refractivity contribution in [2.24, 2.45) is 4.99 Å². The van der Waals surface area contributed by atoms with Gasteiger partial charge in [0.05, 0.1) is 18.1 Å². The highest BCUT2D eigenvalue weighted by Gasteiger charge is 2.25. The van der Waals surface area contributed by atoms with Crippen LogP contribution in [0, 0.1) is 11.3 Å². The molecule has 0 aliphatic carbocycles. The molecule has 0 aromatic carbocycles. The molecule has 4 aromatic heterocycles. The third-order valence-corrected chi connectivity index (χ3v) is 4.17. The lowest BCUT2D eigenvalue weighted by molar-refractivity contribution is 0.527. The Bertz CT molecular complexity index is 1000. The molecule has 116 valence electrons. The summed E-state index contributed by atoms with van der Waals surface area (Å²) in [5, 5.41) is 11.6. The first kappa shape index (κ1) is 14.3. The molecule has 4 heterocycles. The minimum atomic E-state index is 0.226. The van der Waals surface area contributed by atoms with Gasteiger partial charge in [-0.3, -0.25) is 0 Å². The number of nitriles is 1. The van der Waals surface area contributed by atoms with E-state index in [1.54, 1.807) is 54.3 Å². The largest absolute Gasteiger partial charge is 0.464 e. The number of rotatable bonds is 4. The van der Waals surface area contributed by atoms with Crippen LogP contribution in [0.1, 0.15) is 10.4 Å². The first-order valence-electron chi connectivity index (χ1n) is 7.09. The van der Waals surface area contributed by atoms with E-state index >= 15 is 0 Å². The summed E-state index contributed by atoms with van der Waals surface area (Å²) >= 11 is 1.55. The second-order valence-corrected chi connectivity index (χ2v) is 5.81. The smallest absolute Gasteiger partial charge is 0.238 e. The number of aliphatic imine (C=N–C) groups is 1. The SMILES string of the molecule is N#Cc1c(N=Cc2cccs2)oc(-c2ccco2)c1-c1ccco1. The van der Waals surface area contributed by atoms with Crippen LogP contribution in [0.3, 0.4) is 0 Å². The molecule has 5 nitrogen and oxygen atoms in total. The highest BCUT2D eigenvalue weighted by Crippen LogP contribution is 2.42. The van der Waals surface area contributed by atoms with Gasteiger partial charge in [-0.2, -0.15) is 5.26 Å². The van der Waals surface area contributed by atoms with Gasteiger partial charge < -0.3 is 13.3 Å². The number of nitrogens with zero attached hydrogens (tertiary/aromatic N) is 2. The van der Waals surface area contributed by atoms with Gasteiger partial charge in [0.1, 0.15) is 17.4 Å². The molecule has 0 aliphatic heterocycles. The van der Waals surface area contributed by atoms with E-state index < -0.39 is 0 Å². The van der Waals surface area contributed by atoms with Crippen LogP contribution >= 0.6 is 11.3 Å². The van der Waals surface area contributed by atoms with E-state index in [1.807, 2.05) is 17.5 Å². The zero-order valence-corrected chi connectivity index (χ0v) is 13.1. The van der Waals surface area contributed by atoms with Crippen molar-refractivity contribution >= 4 is 23.4 Å². The fourth-order valence-electron chi connectivity index (χ4n) is 2.34. The van der Waals surface area contributed by atoms with E-state index in [9.17, 15) is 5.26 Å². The van der Waals surface area contributed by atoms with E-state index in [0.29, 0.717) is 28.4 Å². The number of furan rings is 3. The molecule has 0 amide bonds. The molecule has 4 rings (SSSR count). The molecule has 0 saturated heterocycles. The second kappa shape index (κ2) is 6.07. The quantitative estimate of drug-likeness (QED) is 0.463. The van der Waals surface area contributed by atoms with Crippen molar-refractivity contribution in [1.82, 2.24) is 0 Å². The molecule has 0 spiro atoms. The highest BCUT2D eigenvalue weighted by atomic mass is 32.1. The van der Waals surface area contributed by atoms with Gasteiger partial charge >= 0.3 is 0 Å². The molecule has 24 heavy (non-hydrogen) atoms. The molecular weight excluding hydrogens is 324 g/mol. The zero-order valence-electron chi connectivity index (χ0n) is 12.3. The van der Waals surface area contributed by atoms with Gasteiger partial charge in [-0.05, 0) is 35.7 Å². The fourth-order valence-corrected chi connectivity index (χ4v) is 2.92. The summed E-state index contributed by atoms with van der Waals surface area (Å²) in [6.07, 6.45) is 4.76. The van der Waals surface area contributed by atoms with Gasteiger partial charge in [0.15, 0.2) is 11.5 Å². The molecule has 4 aromatic rings. The zero-order chi connectivity index (χ0) is 16.4. The lowest BCUT2D eigenvalue weighted by atomic mass is 10.1.